The van der Waals surface area contributed by atoms with E-state index >= 15 is 0 Å². The smallest absolute Gasteiger partial charge is 0.252 e. The summed E-state index contributed by atoms with van der Waals surface area (Å²) in [5, 5.41) is 0. The molecule has 0 saturated heterocycles. The highest BCUT2D eigenvalue weighted by atomic mass is 15.3. The molecule has 14 rings (SSSR count). The van der Waals surface area contributed by atoms with E-state index in [4.69, 9.17) is 0 Å². The summed E-state index contributed by atoms with van der Waals surface area (Å²) in [6.07, 6.45) is 4.31. The molecule has 0 saturated carbocycles. The van der Waals surface area contributed by atoms with Gasteiger partial charge in [0.05, 0.1) is 16.8 Å². The third-order valence-electron chi connectivity index (χ3n) is 19.6. The summed E-state index contributed by atoms with van der Waals surface area (Å²) in [5.74, 6) is 0. The maximum Gasteiger partial charge on any atom is 0.252 e. The van der Waals surface area contributed by atoms with Crippen molar-refractivity contribution >= 4 is 62.9 Å². The third kappa shape index (κ3) is 5.44. The van der Waals surface area contributed by atoms with Crippen molar-refractivity contribution in [2.45, 2.75) is 128 Å². The van der Waals surface area contributed by atoms with Gasteiger partial charge in [0, 0.05) is 50.5 Å². The number of benzene rings is 8. The van der Waals surface area contributed by atoms with Crippen molar-refractivity contribution < 1.29 is 0 Å². The Morgan fingerprint density at radius 1 is 0.431 bits per heavy atom. The lowest BCUT2D eigenvalue weighted by molar-refractivity contribution is 0.244. The van der Waals surface area contributed by atoms with Crippen molar-refractivity contribution in [3.05, 3.63) is 214 Å². The number of hydrogen-bond donors (Lipinski definition) is 0. The summed E-state index contributed by atoms with van der Waals surface area (Å²) in [4.78, 5) is 8.41. The Kier molecular flexibility index (Phi) is 8.83. The summed E-state index contributed by atoms with van der Waals surface area (Å²) in [6.45, 7) is 24.5. The normalized spacial score (nSPS) is 23.9. The Morgan fingerprint density at radius 3 is 1.67 bits per heavy atom. The summed E-state index contributed by atoms with van der Waals surface area (Å²) in [5.41, 5.74) is 26.1. The molecule has 72 heavy (non-hydrogen) atoms. The topological polar surface area (TPSA) is 9.72 Å². The van der Waals surface area contributed by atoms with Crippen molar-refractivity contribution in [2.75, 3.05) is 14.7 Å². The number of nitrogens with zero attached hydrogens (tertiary/aromatic N) is 3. The number of aryl methyl sites for hydroxylation is 2. The zero-order valence-electron chi connectivity index (χ0n) is 43.9. The maximum absolute atomic E-state index is 2.89. The van der Waals surface area contributed by atoms with Gasteiger partial charge in [0.25, 0.3) is 6.71 Å². The fraction of sp³-hybridized carbons (Fsp3) is 0.294. The van der Waals surface area contributed by atoms with Crippen LogP contribution in [0.1, 0.15) is 127 Å². The fourth-order valence-corrected chi connectivity index (χ4v) is 15.4. The van der Waals surface area contributed by atoms with Crippen LogP contribution in [-0.4, -0.2) is 6.71 Å². The van der Waals surface area contributed by atoms with Crippen molar-refractivity contribution in [3.8, 4) is 11.1 Å². The highest BCUT2D eigenvalue weighted by molar-refractivity contribution is 7.00. The SMILES string of the molecule is CC(C)(C)c1ccc(N2c3cc(C(C)(C)C)ccc3B3c4cccc5c4N(c4cc(N6c7ccccc7C7(C)CCc8ccccc8C67C)cc2c43)C2(C)c3ccccc3CCC52C)c(-c2ccccc2)c1. The van der Waals surface area contributed by atoms with Gasteiger partial charge in [-0.15, -0.1) is 0 Å². The summed E-state index contributed by atoms with van der Waals surface area (Å²) in [6, 6.07) is 66.9. The molecule has 0 radical (unpaired) electrons. The van der Waals surface area contributed by atoms with Gasteiger partial charge >= 0.3 is 0 Å². The van der Waals surface area contributed by atoms with Gasteiger partial charge < -0.3 is 14.7 Å². The number of hydrogen-bond acceptors (Lipinski definition) is 3. The van der Waals surface area contributed by atoms with Gasteiger partial charge in [0.2, 0.25) is 0 Å². The minimum atomic E-state index is -0.370. The van der Waals surface area contributed by atoms with Gasteiger partial charge in [0.15, 0.2) is 0 Å². The maximum atomic E-state index is 2.89. The highest BCUT2D eigenvalue weighted by Crippen LogP contribution is 2.67. The van der Waals surface area contributed by atoms with Crippen molar-refractivity contribution in [1.82, 2.24) is 0 Å². The second-order valence-electron chi connectivity index (χ2n) is 25.1. The quantitative estimate of drug-likeness (QED) is 0.163. The molecule has 8 aromatic carbocycles. The van der Waals surface area contributed by atoms with E-state index in [9.17, 15) is 0 Å². The van der Waals surface area contributed by atoms with Crippen molar-refractivity contribution in [1.29, 1.82) is 0 Å². The lowest BCUT2D eigenvalue weighted by Crippen LogP contribution is -2.64. The molecule has 0 amide bonds. The lowest BCUT2D eigenvalue weighted by Gasteiger charge is -2.54. The number of para-hydroxylation sites is 2. The molecule has 8 aromatic rings. The second-order valence-corrected chi connectivity index (χ2v) is 25.1. The molecule has 0 fully saturated rings. The van der Waals surface area contributed by atoms with E-state index in [1.54, 1.807) is 0 Å². The van der Waals surface area contributed by atoms with Crippen LogP contribution >= 0.6 is 0 Å². The molecule has 4 heteroatoms. The molecule has 4 atom stereocenters. The summed E-state index contributed by atoms with van der Waals surface area (Å²) < 4.78 is 0. The molecule has 3 nitrogen and oxygen atoms in total. The van der Waals surface area contributed by atoms with E-state index in [0.29, 0.717) is 0 Å². The van der Waals surface area contributed by atoms with E-state index in [1.165, 1.54) is 112 Å². The van der Waals surface area contributed by atoms with Gasteiger partial charge in [-0.05, 0) is 153 Å². The van der Waals surface area contributed by atoms with Gasteiger partial charge in [-0.3, -0.25) is 0 Å². The van der Waals surface area contributed by atoms with Crippen LogP contribution in [-0.2, 0) is 45.6 Å². The fourth-order valence-electron chi connectivity index (χ4n) is 15.4. The molecule has 356 valence electrons. The minimum Gasteiger partial charge on any atom is -0.331 e. The Hall–Kier alpha value is -6.78. The monoisotopic (exact) mass is 936 g/mol. The molecule has 4 aliphatic heterocycles. The van der Waals surface area contributed by atoms with Crippen LogP contribution in [0.5, 0.6) is 0 Å². The van der Waals surface area contributed by atoms with Gasteiger partial charge in [0.1, 0.15) is 0 Å². The Labute approximate surface area is 428 Å². The van der Waals surface area contributed by atoms with Gasteiger partial charge in [-0.2, -0.15) is 0 Å². The Bertz CT molecular complexity index is 3610. The summed E-state index contributed by atoms with van der Waals surface area (Å²) >= 11 is 0. The van der Waals surface area contributed by atoms with Crippen LogP contribution in [0.25, 0.3) is 11.1 Å². The average molecular weight is 936 g/mol. The highest BCUT2D eigenvalue weighted by Gasteiger charge is 2.64. The minimum absolute atomic E-state index is 0.0225. The predicted octanol–water partition coefficient (Wildman–Crippen LogP) is 15.1. The van der Waals surface area contributed by atoms with Crippen LogP contribution in [0, 0.1) is 0 Å². The third-order valence-corrected chi connectivity index (χ3v) is 19.6. The molecule has 4 unspecified atom stereocenters. The van der Waals surface area contributed by atoms with Crippen LogP contribution in [0.3, 0.4) is 0 Å². The van der Waals surface area contributed by atoms with Crippen LogP contribution in [0.15, 0.2) is 170 Å². The van der Waals surface area contributed by atoms with Gasteiger partial charge in [-0.1, -0.05) is 189 Å². The van der Waals surface area contributed by atoms with Crippen LogP contribution in [0.2, 0.25) is 0 Å². The van der Waals surface area contributed by atoms with Crippen molar-refractivity contribution in [2.24, 2.45) is 0 Å². The first kappa shape index (κ1) is 44.0. The van der Waals surface area contributed by atoms with E-state index < -0.39 is 0 Å². The molecule has 6 aliphatic rings. The van der Waals surface area contributed by atoms with Gasteiger partial charge in [-0.25, -0.2) is 0 Å². The van der Waals surface area contributed by atoms with E-state index in [2.05, 4.69) is 254 Å². The number of anilines is 7. The van der Waals surface area contributed by atoms with E-state index in [1.807, 2.05) is 0 Å². The van der Waals surface area contributed by atoms with Crippen molar-refractivity contribution in [3.63, 3.8) is 0 Å². The molecule has 0 spiro atoms. The first-order valence-electron chi connectivity index (χ1n) is 26.8. The first-order chi connectivity index (χ1) is 34.5. The van der Waals surface area contributed by atoms with E-state index in [0.717, 1.165) is 25.7 Å². The Morgan fingerprint density at radius 2 is 0.986 bits per heavy atom. The first-order valence-corrected chi connectivity index (χ1v) is 26.8. The second kappa shape index (κ2) is 14.5. The standard InChI is InChI=1S/C68H66BN3/c1-63(2,3)46-32-34-56(49(39-46)43-21-12-11-13-22-43)70-58-40-47(64(4,5)6)31-33-54(58)69-55-29-20-28-53-62(55)72(68(10)51-26-17-15-24-45(51)36-38-66(53,68)8)60-42-48(41-59(70)61(60)69)71-57-30-19-18-27-52(57)65(7)37-35-44-23-14-16-25-50(44)67(65,71)9/h11-34,39-42H,35-38H2,1-10H3. The molecule has 0 aromatic heterocycles. The number of fused-ring (bicyclic) bond motifs is 14. The average Bonchev–Trinajstić information content (AvgIpc) is 3.73. The lowest BCUT2D eigenvalue weighted by atomic mass is 9.33. The zero-order chi connectivity index (χ0) is 49.5. The molecule has 0 N–H and O–H groups in total. The van der Waals surface area contributed by atoms with Crippen LogP contribution < -0.4 is 31.1 Å². The molecular weight excluding hydrogens is 870 g/mol. The zero-order valence-corrected chi connectivity index (χ0v) is 43.9. The predicted molar refractivity (Wildman–Crippen MR) is 305 cm³/mol. The molecule has 2 aliphatic carbocycles. The largest absolute Gasteiger partial charge is 0.331 e. The molecule has 0 bridgehead atoms. The summed E-state index contributed by atoms with van der Waals surface area (Å²) in [7, 11) is 0. The Balaban J connectivity index is 1.15. The van der Waals surface area contributed by atoms with E-state index in [-0.39, 0.29) is 39.5 Å². The molecule has 4 heterocycles. The molecular formula is C68H66BN3. The number of rotatable bonds is 3. The van der Waals surface area contributed by atoms with Crippen LogP contribution in [0.4, 0.5) is 39.8 Å².